The van der Waals surface area contributed by atoms with Crippen LogP contribution in [0.3, 0.4) is 0 Å². The van der Waals surface area contributed by atoms with E-state index in [0.717, 1.165) is 5.56 Å². The first-order valence-electron chi connectivity index (χ1n) is 7.24. The number of rotatable bonds is 5. The molecule has 0 saturated heterocycles. The Kier molecular flexibility index (Phi) is 5.18. The minimum absolute atomic E-state index is 0.450. The highest BCUT2D eigenvalue weighted by Crippen LogP contribution is 2.25. The van der Waals surface area contributed by atoms with E-state index in [4.69, 9.17) is 0 Å². The minimum Gasteiger partial charge on any atom is -0.388 e. The van der Waals surface area contributed by atoms with Crippen LogP contribution in [0.2, 0.25) is 0 Å². The van der Waals surface area contributed by atoms with Crippen molar-refractivity contribution in [3.05, 3.63) is 71.3 Å². The molecule has 0 bridgehead atoms. The van der Waals surface area contributed by atoms with Gasteiger partial charge in [0, 0.05) is 19.8 Å². The first kappa shape index (κ1) is 15.3. The molecular weight excluding hydrogens is 258 g/mol. The first-order valence-corrected chi connectivity index (χ1v) is 7.24. The lowest BCUT2D eigenvalue weighted by Gasteiger charge is -2.16. The molecule has 0 spiro atoms. The second kappa shape index (κ2) is 7.09. The van der Waals surface area contributed by atoms with Crippen LogP contribution in [0.5, 0.6) is 0 Å². The maximum Gasteiger partial charge on any atom is 0.0827 e. The van der Waals surface area contributed by atoms with E-state index < -0.39 is 6.10 Å². The summed E-state index contributed by atoms with van der Waals surface area (Å²) in [5, 5.41) is 10.3. The summed E-state index contributed by atoms with van der Waals surface area (Å²) in [5.74, 6) is 0. The third kappa shape index (κ3) is 4.20. The van der Waals surface area contributed by atoms with Gasteiger partial charge in [-0.05, 0) is 30.5 Å². The second-order valence-electron chi connectivity index (χ2n) is 5.57. The molecule has 2 aromatic carbocycles. The van der Waals surface area contributed by atoms with Gasteiger partial charge in [-0.1, -0.05) is 60.2 Å². The van der Waals surface area contributed by atoms with Crippen molar-refractivity contribution in [3.8, 4) is 0 Å². The molecule has 0 aliphatic carbocycles. The fourth-order valence-electron chi connectivity index (χ4n) is 2.44. The van der Waals surface area contributed by atoms with Gasteiger partial charge in [-0.3, -0.25) is 0 Å². The third-order valence-corrected chi connectivity index (χ3v) is 3.52. The Balaban J connectivity index is 2.15. The Morgan fingerprint density at radius 2 is 1.67 bits per heavy atom. The first-order chi connectivity index (χ1) is 10.1. The van der Waals surface area contributed by atoms with Crippen LogP contribution in [0.1, 0.15) is 30.6 Å². The number of hydrogen-bond donors (Lipinski definition) is 1. The van der Waals surface area contributed by atoms with E-state index in [2.05, 4.69) is 30.0 Å². The molecular formula is C19H23NO. The Hall–Kier alpha value is -2.06. The molecule has 0 amide bonds. The summed E-state index contributed by atoms with van der Waals surface area (Å²) in [4.78, 5) is 2.10. The van der Waals surface area contributed by atoms with Gasteiger partial charge < -0.3 is 10.0 Å². The predicted octanol–water partition coefficient (Wildman–Crippen LogP) is 4.28. The fraction of sp³-hybridized carbons (Fsp3) is 0.263. The summed E-state index contributed by atoms with van der Waals surface area (Å²) in [5.41, 5.74) is 4.50. The second-order valence-corrected chi connectivity index (χ2v) is 5.57. The summed E-state index contributed by atoms with van der Waals surface area (Å²) < 4.78 is 0. The van der Waals surface area contributed by atoms with Crippen molar-refractivity contribution in [2.45, 2.75) is 19.4 Å². The van der Waals surface area contributed by atoms with Crippen LogP contribution < -0.4 is 4.90 Å². The average molecular weight is 281 g/mol. The van der Waals surface area contributed by atoms with Crippen molar-refractivity contribution in [1.82, 2.24) is 0 Å². The fourth-order valence-corrected chi connectivity index (χ4v) is 2.44. The van der Waals surface area contributed by atoms with E-state index in [1.165, 1.54) is 16.8 Å². The number of nitrogens with zero attached hydrogens (tertiary/aromatic N) is 1. The summed E-state index contributed by atoms with van der Waals surface area (Å²) in [6.07, 6.45) is 2.35. The van der Waals surface area contributed by atoms with Gasteiger partial charge in [0.1, 0.15) is 0 Å². The average Bonchev–Trinajstić information content (AvgIpc) is 2.48. The van der Waals surface area contributed by atoms with Gasteiger partial charge in [0.15, 0.2) is 0 Å². The summed E-state index contributed by atoms with van der Waals surface area (Å²) >= 11 is 0. The topological polar surface area (TPSA) is 23.5 Å². The van der Waals surface area contributed by atoms with Crippen LogP contribution in [0.25, 0.3) is 6.08 Å². The van der Waals surface area contributed by atoms with Crippen LogP contribution in [0, 0.1) is 0 Å². The highest BCUT2D eigenvalue weighted by Gasteiger charge is 2.08. The van der Waals surface area contributed by atoms with Crippen molar-refractivity contribution in [1.29, 1.82) is 0 Å². The Morgan fingerprint density at radius 1 is 1.05 bits per heavy atom. The van der Waals surface area contributed by atoms with Crippen LogP contribution in [-0.4, -0.2) is 19.2 Å². The molecule has 2 aromatic rings. The van der Waals surface area contributed by atoms with E-state index >= 15 is 0 Å². The lowest BCUT2D eigenvalue weighted by molar-refractivity contribution is 0.178. The van der Waals surface area contributed by atoms with Crippen molar-refractivity contribution in [2.75, 3.05) is 19.0 Å². The predicted molar refractivity (Wildman–Crippen MR) is 90.4 cm³/mol. The summed E-state index contributed by atoms with van der Waals surface area (Å²) in [7, 11) is 4.08. The number of aliphatic hydroxyl groups is 1. The van der Waals surface area contributed by atoms with Crippen LogP contribution in [0.15, 0.2) is 60.2 Å². The van der Waals surface area contributed by atoms with Gasteiger partial charge in [-0.25, -0.2) is 0 Å². The molecule has 110 valence electrons. The monoisotopic (exact) mass is 281 g/mol. The zero-order chi connectivity index (χ0) is 15.2. The van der Waals surface area contributed by atoms with E-state index in [0.29, 0.717) is 6.42 Å². The molecule has 0 aliphatic rings. The maximum absolute atomic E-state index is 10.3. The number of hydrogen-bond acceptors (Lipinski definition) is 2. The number of para-hydroxylation sites is 1. The van der Waals surface area contributed by atoms with Crippen molar-refractivity contribution in [3.63, 3.8) is 0 Å². The van der Waals surface area contributed by atoms with Crippen LogP contribution >= 0.6 is 0 Å². The van der Waals surface area contributed by atoms with Gasteiger partial charge >= 0.3 is 0 Å². The Labute approximate surface area is 127 Å². The molecule has 1 atom stereocenters. The van der Waals surface area contributed by atoms with E-state index in [-0.39, 0.29) is 0 Å². The molecule has 0 heterocycles. The van der Waals surface area contributed by atoms with Crippen molar-refractivity contribution >= 4 is 11.8 Å². The lowest BCUT2D eigenvalue weighted by Crippen LogP contribution is -2.10. The highest BCUT2D eigenvalue weighted by molar-refractivity contribution is 5.68. The zero-order valence-corrected chi connectivity index (χ0v) is 13.0. The Bertz CT molecular complexity index is 602. The van der Waals surface area contributed by atoms with Gasteiger partial charge in [-0.2, -0.15) is 0 Å². The Morgan fingerprint density at radius 3 is 2.33 bits per heavy atom. The molecule has 0 aliphatic heterocycles. The smallest absolute Gasteiger partial charge is 0.0827 e. The van der Waals surface area contributed by atoms with E-state index in [1.807, 2.05) is 56.6 Å². The molecule has 2 rings (SSSR count). The van der Waals surface area contributed by atoms with Crippen molar-refractivity contribution in [2.24, 2.45) is 0 Å². The zero-order valence-electron chi connectivity index (χ0n) is 13.0. The van der Waals surface area contributed by atoms with E-state index in [9.17, 15) is 5.11 Å². The van der Waals surface area contributed by atoms with Gasteiger partial charge in [0.25, 0.3) is 0 Å². The molecule has 21 heavy (non-hydrogen) atoms. The lowest BCUT2D eigenvalue weighted by atomic mass is 10.0. The van der Waals surface area contributed by atoms with Gasteiger partial charge in [0.2, 0.25) is 0 Å². The third-order valence-electron chi connectivity index (χ3n) is 3.52. The number of aliphatic hydroxyl groups excluding tert-OH is 1. The molecule has 2 heteroatoms. The molecule has 1 N–H and O–H groups in total. The molecule has 0 saturated carbocycles. The molecule has 0 radical (unpaired) electrons. The molecule has 0 aromatic heterocycles. The normalized spacial score (nSPS) is 13.0. The van der Waals surface area contributed by atoms with Crippen LogP contribution in [-0.2, 0) is 0 Å². The van der Waals surface area contributed by atoms with Gasteiger partial charge in [0.05, 0.1) is 6.10 Å². The minimum atomic E-state index is -0.450. The molecule has 0 fully saturated rings. The van der Waals surface area contributed by atoms with Crippen LogP contribution in [0.4, 0.5) is 5.69 Å². The summed E-state index contributed by atoms with van der Waals surface area (Å²) in [6, 6.07) is 18.1. The largest absolute Gasteiger partial charge is 0.388 e. The summed E-state index contributed by atoms with van der Waals surface area (Å²) in [6.45, 7) is 2.07. The highest BCUT2D eigenvalue weighted by atomic mass is 16.3. The quantitative estimate of drug-likeness (QED) is 0.884. The SMILES string of the molecule is C/C(=C/c1ccccc1N(C)C)CC(O)c1ccccc1. The standard InChI is InChI=1S/C19H23NO/c1-15(14-19(21)16-9-5-4-6-10-16)13-17-11-7-8-12-18(17)20(2)3/h4-13,19,21H,14H2,1-3H3/b15-13-. The molecule has 1 unspecified atom stereocenters. The van der Waals surface area contributed by atoms with E-state index in [1.54, 1.807) is 0 Å². The molecule has 2 nitrogen and oxygen atoms in total. The van der Waals surface area contributed by atoms with Gasteiger partial charge in [-0.15, -0.1) is 0 Å². The number of benzene rings is 2. The maximum atomic E-state index is 10.3. The number of anilines is 1. The van der Waals surface area contributed by atoms with Crippen molar-refractivity contribution < 1.29 is 5.11 Å².